The third-order valence-corrected chi connectivity index (χ3v) is 5.76. The predicted molar refractivity (Wildman–Crippen MR) is 97.0 cm³/mol. The van der Waals surface area contributed by atoms with Gasteiger partial charge in [-0.15, -0.1) is 0 Å². The van der Waals surface area contributed by atoms with Crippen LogP contribution in [0.1, 0.15) is 20.8 Å². The molecule has 2 saturated heterocycles. The maximum Gasteiger partial charge on any atom is 0.400 e. The predicted octanol–water partition coefficient (Wildman–Crippen LogP) is 1.46. The molecule has 3 rings (SSSR count). The van der Waals surface area contributed by atoms with Crippen molar-refractivity contribution in [3.8, 4) is 0 Å². The molecule has 0 atom stereocenters. The van der Waals surface area contributed by atoms with E-state index in [9.17, 15) is 9.59 Å². The first-order valence-electron chi connectivity index (χ1n) is 8.41. The number of hydrogen-bond acceptors (Lipinski definition) is 5. The minimum atomic E-state index is -1.24. The molecule has 2 aliphatic rings. The number of amides is 2. The van der Waals surface area contributed by atoms with Crippen molar-refractivity contribution >= 4 is 32.4 Å². The summed E-state index contributed by atoms with van der Waals surface area (Å²) < 4.78 is 10.7. The van der Waals surface area contributed by atoms with Crippen LogP contribution >= 0.6 is 0 Å². The average Bonchev–Trinajstić information content (AvgIpc) is 2.94. The lowest BCUT2D eigenvalue weighted by atomic mass is 10.1. The Morgan fingerprint density at radius 3 is 2.36 bits per heavy atom. The number of nitrogens with one attached hydrogen (secondary N) is 1. The minimum absolute atomic E-state index is 0.00381. The molecular weight excluding hydrogens is 338 g/mol. The highest BCUT2D eigenvalue weighted by molar-refractivity contribution is 6.58. The van der Waals surface area contributed by atoms with Crippen LogP contribution in [0.2, 0.25) is 0 Å². The Labute approximate surface area is 149 Å². The molecule has 8 heteroatoms. The first-order valence-corrected chi connectivity index (χ1v) is 10.2. The topological polar surface area (TPSA) is 71.1 Å². The Balaban J connectivity index is 1.64. The number of nitrogens with zero attached hydrogens (tertiary/aromatic N) is 2. The maximum atomic E-state index is 12.2. The molecule has 135 valence electrons. The van der Waals surface area contributed by atoms with Gasteiger partial charge in [-0.2, -0.15) is 0 Å². The molecule has 2 amide bonds. The van der Waals surface area contributed by atoms with Gasteiger partial charge in [0.05, 0.1) is 12.8 Å². The molecule has 0 unspecified atom stereocenters. The summed E-state index contributed by atoms with van der Waals surface area (Å²) in [4.78, 5) is 27.4. The van der Waals surface area contributed by atoms with E-state index in [1.165, 1.54) is 0 Å². The summed E-state index contributed by atoms with van der Waals surface area (Å²) in [5, 5.41) is 3.40. The second kappa shape index (κ2) is 7.15. The molecule has 0 saturated carbocycles. The van der Waals surface area contributed by atoms with Gasteiger partial charge in [0.15, 0.2) is 0 Å². The maximum absolute atomic E-state index is 12.2. The molecule has 1 N–H and O–H groups in total. The van der Waals surface area contributed by atoms with Crippen LogP contribution in [0, 0.1) is 0 Å². The van der Waals surface area contributed by atoms with Crippen LogP contribution in [0.25, 0.3) is 0 Å². The molecule has 1 aromatic rings. The fourth-order valence-corrected chi connectivity index (χ4v) is 4.71. The van der Waals surface area contributed by atoms with Crippen molar-refractivity contribution in [3.05, 3.63) is 24.3 Å². The first-order chi connectivity index (χ1) is 11.8. The van der Waals surface area contributed by atoms with Gasteiger partial charge in [-0.25, -0.2) is 4.79 Å². The van der Waals surface area contributed by atoms with Gasteiger partial charge in [0.25, 0.3) is 5.91 Å². The zero-order valence-corrected chi connectivity index (χ0v) is 15.9. The highest BCUT2D eigenvalue weighted by Gasteiger charge is 2.35. The highest BCUT2D eigenvalue weighted by Crippen LogP contribution is 2.25. The molecular formula is C17H24N3O4Si. The van der Waals surface area contributed by atoms with E-state index >= 15 is 0 Å². The lowest BCUT2D eigenvalue weighted by Crippen LogP contribution is -2.44. The fraction of sp³-hybridized carbons (Fsp3) is 0.529. The zero-order chi connectivity index (χ0) is 18.0. The highest BCUT2D eigenvalue weighted by atomic mass is 28.3. The second-order valence-corrected chi connectivity index (χ2v) is 9.16. The van der Waals surface area contributed by atoms with Gasteiger partial charge in [-0.3, -0.25) is 9.69 Å². The number of morpholine rings is 1. The summed E-state index contributed by atoms with van der Waals surface area (Å²) in [5.41, 5.74) is 1.62. The molecule has 1 radical (unpaired) electrons. The Bertz CT molecular complexity index is 644. The van der Waals surface area contributed by atoms with E-state index in [1.54, 1.807) is 9.80 Å². The monoisotopic (exact) mass is 362 g/mol. The number of anilines is 2. The van der Waals surface area contributed by atoms with Crippen molar-refractivity contribution in [2.45, 2.75) is 26.3 Å². The lowest BCUT2D eigenvalue weighted by Gasteiger charge is -2.27. The van der Waals surface area contributed by atoms with Gasteiger partial charge in [0.2, 0.25) is 0 Å². The zero-order valence-electron chi connectivity index (χ0n) is 14.9. The number of carbonyl (C=O) groups excluding carboxylic acids is 2. The second-order valence-electron chi connectivity index (χ2n) is 7.21. The largest absolute Gasteiger partial charge is 0.498 e. The molecule has 25 heavy (non-hydrogen) atoms. The molecule has 2 heterocycles. The minimum Gasteiger partial charge on any atom is -0.498 e. The fourth-order valence-electron chi connectivity index (χ4n) is 2.71. The molecule has 0 aliphatic carbocycles. The van der Waals surface area contributed by atoms with Gasteiger partial charge in [-0.05, 0) is 45.0 Å². The molecule has 2 fully saturated rings. The van der Waals surface area contributed by atoms with Crippen LogP contribution < -0.4 is 15.1 Å². The van der Waals surface area contributed by atoms with Crippen molar-refractivity contribution in [2.24, 2.45) is 0 Å². The van der Waals surface area contributed by atoms with E-state index in [0.717, 1.165) is 17.5 Å². The van der Waals surface area contributed by atoms with Crippen molar-refractivity contribution < 1.29 is 18.8 Å². The normalized spacial score (nSPS) is 19.5. The molecule has 1 aromatic carbocycles. The summed E-state index contributed by atoms with van der Waals surface area (Å²) in [5.74, 6) is -0.0432. The van der Waals surface area contributed by atoms with Crippen molar-refractivity contribution in [1.29, 1.82) is 0 Å². The SMILES string of the molecule is CC(C)(C)NC[Si]1CN(c2ccc(N3CCOCC3=O)cc2)C(=O)O1. The summed E-state index contributed by atoms with van der Waals surface area (Å²) >= 11 is 0. The molecule has 0 spiro atoms. The average molecular weight is 362 g/mol. The Kier molecular flexibility index (Phi) is 5.12. The number of benzene rings is 1. The number of ether oxygens (including phenoxy) is 1. The Morgan fingerprint density at radius 2 is 1.76 bits per heavy atom. The third-order valence-electron chi connectivity index (χ3n) is 4.06. The van der Waals surface area contributed by atoms with Crippen LogP contribution in [0.5, 0.6) is 0 Å². The summed E-state index contributed by atoms with van der Waals surface area (Å²) in [6.07, 6.45) is 1.04. The van der Waals surface area contributed by atoms with E-state index in [0.29, 0.717) is 19.3 Å². The van der Waals surface area contributed by atoms with E-state index in [-0.39, 0.29) is 24.1 Å². The number of hydrogen-bond donors (Lipinski definition) is 1. The quantitative estimate of drug-likeness (QED) is 0.821. The van der Waals surface area contributed by atoms with Crippen LogP contribution in [-0.4, -0.2) is 58.7 Å². The molecule has 0 bridgehead atoms. The van der Waals surface area contributed by atoms with E-state index in [2.05, 4.69) is 26.1 Å². The third kappa shape index (κ3) is 4.39. The molecule has 7 nitrogen and oxygen atoms in total. The van der Waals surface area contributed by atoms with Gasteiger partial charge in [0.1, 0.15) is 6.61 Å². The Morgan fingerprint density at radius 1 is 1.12 bits per heavy atom. The first kappa shape index (κ1) is 17.9. The standard InChI is InChI=1S/C17H24N3O4Si/c1-17(2,3)18-11-25-12-20(16(22)24-25)14-6-4-13(5-7-14)19-8-9-23-10-15(19)21/h4-7,18H,8-12H2,1-3H3. The van der Waals surface area contributed by atoms with Crippen LogP contribution in [0.4, 0.5) is 16.2 Å². The lowest BCUT2D eigenvalue weighted by molar-refractivity contribution is -0.125. The molecule has 0 aromatic heterocycles. The van der Waals surface area contributed by atoms with Crippen LogP contribution in [-0.2, 0) is 14.0 Å². The molecule has 2 aliphatic heterocycles. The smallest absolute Gasteiger partial charge is 0.400 e. The van der Waals surface area contributed by atoms with Gasteiger partial charge in [0, 0.05) is 29.6 Å². The van der Waals surface area contributed by atoms with E-state index in [4.69, 9.17) is 9.16 Å². The Hall–Kier alpha value is -1.90. The summed E-state index contributed by atoms with van der Waals surface area (Å²) in [6.45, 7) is 7.49. The summed E-state index contributed by atoms with van der Waals surface area (Å²) in [6, 6.07) is 7.45. The van der Waals surface area contributed by atoms with Crippen molar-refractivity contribution in [3.63, 3.8) is 0 Å². The number of carbonyl (C=O) groups is 2. The van der Waals surface area contributed by atoms with E-state index in [1.807, 2.05) is 24.3 Å². The van der Waals surface area contributed by atoms with Gasteiger partial charge >= 0.3 is 15.1 Å². The number of rotatable bonds is 4. The van der Waals surface area contributed by atoms with Crippen molar-refractivity contribution in [2.75, 3.05) is 41.9 Å². The van der Waals surface area contributed by atoms with Crippen LogP contribution in [0.15, 0.2) is 24.3 Å². The van der Waals surface area contributed by atoms with Gasteiger partial charge in [-0.1, -0.05) is 0 Å². The van der Waals surface area contributed by atoms with Crippen LogP contribution in [0.3, 0.4) is 0 Å². The van der Waals surface area contributed by atoms with Crippen molar-refractivity contribution in [1.82, 2.24) is 5.32 Å². The van der Waals surface area contributed by atoms with Gasteiger partial charge < -0.3 is 19.4 Å². The summed E-state index contributed by atoms with van der Waals surface area (Å²) in [7, 11) is -1.24. The van der Waals surface area contributed by atoms with E-state index < -0.39 is 9.04 Å².